The molecular weight excluding hydrogens is 212 g/mol. The van der Waals surface area contributed by atoms with Crippen molar-refractivity contribution in [2.75, 3.05) is 13.2 Å². The van der Waals surface area contributed by atoms with Gasteiger partial charge in [0.25, 0.3) is 0 Å². The number of rotatable bonds is 8. The van der Waals surface area contributed by atoms with Gasteiger partial charge in [-0.05, 0) is 31.4 Å². The summed E-state index contributed by atoms with van der Waals surface area (Å²) in [4.78, 5) is 0. The standard InChI is InChI=1S/C15H24O2/c1-4-6-11-16-14-10-8-9-13(3)15(14)17-12-7-5-2/h8-10H,4-7,11-12H2,1-3H3. The van der Waals surface area contributed by atoms with Crippen LogP contribution in [-0.4, -0.2) is 13.2 Å². The first-order chi connectivity index (χ1) is 8.29. The van der Waals surface area contributed by atoms with Gasteiger partial charge in [0.15, 0.2) is 11.5 Å². The molecule has 0 bridgehead atoms. The van der Waals surface area contributed by atoms with Gasteiger partial charge in [-0.1, -0.05) is 38.8 Å². The Hall–Kier alpha value is -1.18. The number of aryl methyl sites for hydroxylation is 1. The zero-order valence-electron chi connectivity index (χ0n) is 11.3. The Morgan fingerprint density at radius 3 is 2.24 bits per heavy atom. The van der Waals surface area contributed by atoms with Crippen LogP contribution in [-0.2, 0) is 0 Å². The fraction of sp³-hybridized carbons (Fsp3) is 0.600. The molecule has 0 heterocycles. The second-order valence-corrected chi connectivity index (χ2v) is 4.31. The molecule has 0 aliphatic rings. The Morgan fingerprint density at radius 2 is 1.59 bits per heavy atom. The molecule has 0 aliphatic heterocycles. The summed E-state index contributed by atoms with van der Waals surface area (Å²) in [5.41, 5.74) is 1.15. The second-order valence-electron chi connectivity index (χ2n) is 4.31. The molecule has 2 heteroatoms. The maximum absolute atomic E-state index is 5.81. The van der Waals surface area contributed by atoms with Crippen molar-refractivity contribution in [2.45, 2.75) is 46.5 Å². The zero-order chi connectivity index (χ0) is 12.5. The molecule has 2 nitrogen and oxygen atoms in total. The van der Waals surface area contributed by atoms with Crippen molar-refractivity contribution in [1.29, 1.82) is 0 Å². The molecule has 0 radical (unpaired) electrons. The summed E-state index contributed by atoms with van der Waals surface area (Å²) in [5.74, 6) is 1.80. The van der Waals surface area contributed by atoms with E-state index in [1.807, 2.05) is 12.1 Å². The van der Waals surface area contributed by atoms with Crippen molar-refractivity contribution in [3.8, 4) is 11.5 Å². The summed E-state index contributed by atoms with van der Waals surface area (Å²) in [5, 5.41) is 0. The molecule has 0 spiro atoms. The molecule has 0 atom stereocenters. The number of para-hydroxylation sites is 1. The van der Waals surface area contributed by atoms with Crippen molar-refractivity contribution in [3.63, 3.8) is 0 Å². The third kappa shape index (κ3) is 4.68. The van der Waals surface area contributed by atoms with E-state index in [9.17, 15) is 0 Å². The Kier molecular flexibility index (Phi) is 6.53. The summed E-state index contributed by atoms with van der Waals surface area (Å²) in [7, 11) is 0. The lowest BCUT2D eigenvalue weighted by atomic mass is 10.2. The lowest BCUT2D eigenvalue weighted by Gasteiger charge is -2.14. The molecule has 0 unspecified atom stereocenters. The molecule has 0 aromatic heterocycles. The fourth-order valence-electron chi connectivity index (χ4n) is 1.57. The van der Waals surface area contributed by atoms with Gasteiger partial charge in [0.05, 0.1) is 13.2 Å². The largest absolute Gasteiger partial charge is 0.490 e. The summed E-state index contributed by atoms with van der Waals surface area (Å²) in [6.07, 6.45) is 4.47. The molecule has 0 aliphatic carbocycles. The minimum atomic E-state index is 0.768. The zero-order valence-corrected chi connectivity index (χ0v) is 11.3. The Balaban J connectivity index is 2.63. The van der Waals surface area contributed by atoms with Crippen LogP contribution in [0, 0.1) is 6.92 Å². The first-order valence-electron chi connectivity index (χ1n) is 6.64. The first-order valence-corrected chi connectivity index (χ1v) is 6.64. The van der Waals surface area contributed by atoms with E-state index >= 15 is 0 Å². The quantitative estimate of drug-likeness (QED) is 0.625. The summed E-state index contributed by atoms with van der Waals surface area (Å²) < 4.78 is 11.6. The number of hydrogen-bond donors (Lipinski definition) is 0. The minimum absolute atomic E-state index is 0.768. The van der Waals surface area contributed by atoms with Gasteiger partial charge in [0, 0.05) is 0 Å². The fourth-order valence-corrected chi connectivity index (χ4v) is 1.57. The molecular formula is C15H24O2. The van der Waals surface area contributed by atoms with E-state index in [0.29, 0.717) is 0 Å². The van der Waals surface area contributed by atoms with Gasteiger partial charge in [-0.25, -0.2) is 0 Å². The van der Waals surface area contributed by atoms with Gasteiger partial charge in [-0.3, -0.25) is 0 Å². The molecule has 1 aromatic carbocycles. The normalized spacial score (nSPS) is 10.3. The maximum Gasteiger partial charge on any atom is 0.164 e. The highest BCUT2D eigenvalue weighted by Gasteiger charge is 2.07. The summed E-state index contributed by atoms with van der Waals surface area (Å²) in [6, 6.07) is 6.07. The van der Waals surface area contributed by atoms with E-state index in [1.165, 1.54) is 0 Å². The van der Waals surface area contributed by atoms with E-state index in [-0.39, 0.29) is 0 Å². The Bertz CT molecular complexity index is 321. The van der Waals surface area contributed by atoms with Crippen LogP contribution in [0.15, 0.2) is 18.2 Å². The highest BCUT2D eigenvalue weighted by Crippen LogP contribution is 2.31. The van der Waals surface area contributed by atoms with Gasteiger partial charge >= 0.3 is 0 Å². The smallest absolute Gasteiger partial charge is 0.164 e. The van der Waals surface area contributed by atoms with E-state index in [0.717, 1.165) is 56.0 Å². The lowest BCUT2D eigenvalue weighted by Crippen LogP contribution is -2.03. The predicted octanol–water partition coefficient (Wildman–Crippen LogP) is 4.35. The van der Waals surface area contributed by atoms with Crippen LogP contribution in [0.2, 0.25) is 0 Å². The third-order valence-corrected chi connectivity index (χ3v) is 2.68. The number of hydrogen-bond acceptors (Lipinski definition) is 2. The summed E-state index contributed by atoms with van der Waals surface area (Å²) >= 11 is 0. The number of unbranched alkanes of at least 4 members (excludes halogenated alkanes) is 2. The van der Waals surface area contributed by atoms with Crippen LogP contribution in [0.5, 0.6) is 11.5 Å². The van der Waals surface area contributed by atoms with E-state index < -0.39 is 0 Å². The second kappa shape index (κ2) is 7.99. The highest BCUT2D eigenvalue weighted by atomic mass is 16.5. The minimum Gasteiger partial charge on any atom is -0.490 e. The SMILES string of the molecule is CCCCOc1cccc(C)c1OCCCC. The third-order valence-electron chi connectivity index (χ3n) is 2.68. The van der Waals surface area contributed by atoms with Crippen LogP contribution in [0.25, 0.3) is 0 Å². The van der Waals surface area contributed by atoms with Gasteiger partial charge in [0.2, 0.25) is 0 Å². The van der Waals surface area contributed by atoms with E-state index in [2.05, 4.69) is 26.8 Å². The maximum atomic E-state index is 5.81. The van der Waals surface area contributed by atoms with Crippen molar-refractivity contribution in [1.82, 2.24) is 0 Å². The van der Waals surface area contributed by atoms with Crippen molar-refractivity contribution in [2.24, 2.45) is 0 Å². The molecule has 96 valence electrons. The molecule has 17 heavy (non-hydrogen) atoms. The molecule has 1 rings (SSSR count). The lowest BCUT2D eigenvalue weighted by molar-refractivity contribution is 0.260. The summed E-state index contributed by atoms with van der Waals surface area (Å²) in [6.45, 7) is 7.93. The molecule has 0 amide bonds. The van der Waals surface area contributed by atoms with Crippen LogP contribution >= 0.6 is 0 Å². The van der Waals surface area contributed by atoms with E-state index in [4.69, 9.17) is 9.47 Å². The molecule has 1 aromatic rings. The predicted molar refractivity (Wildman–Crippen MR) is 72.0 cm³/mol. The average molecular weight is 236 g/mol. The molecule has 0 N–H and O–H groups in total. The number of ether oxygens (including phenoxy) is 2. The Morgan fingerprint density at radius 1 is 0.941 bits per heavy atom. The van der Waals surface area contributed by atoms with Crippen LogP contribution < -0.4 is 9.47 Å². The van der Waals surface area contributed by atoms with Crippen molar-refractivity contribution < 1.29 is 9.47 Å². The van der Waals surface area contributed by atoms with Gasteiger partial charge in [-0.2, -0.15) is 0 Å². The Labute approximate surface area is 105 Å². The van der Waals surface area contributed by atoms with Crippen LogP contribution in [0.4, 0.5) is 0 Å². The van der Waals surface area contributed by atoms with E-state index in [1.54, 1.807) is 0 Å². The first kappa shape index (κ1) is 13.9. The van der Waals surface area contributed by atoms with Crippen LogP contribution in [0.3, 0.4) is 0 Å². The van der Waals surface area contributed by atoms with Crippen molar-refractivity contribution in [3.05, 3.63) is 23.8 Å². The monoisotopic (exact) mass is 236 g/mol. The molecule has 0 fully saturated rings. The molecule has 0 saturated heterocycles. The van der Waals surface area contributed by atoms with Crippen molar-refractivity contribution >= 4 is 0 Å². The average Bonchev–Trinajstić information content (AvgIpc) is 2.33. The van der Waals surface area contributed by atoms with Crippen LogP contribution in [0.1, 0.15) is 45.1 Å². The number of benzene rings is 1. The molecule has 0 saturated carbocycles. The van der Waals surface area contributed by atoms with Gasteiger partial charge in [-0.15, -0.1) is 0 Å². The van der Waals surface area contributed by atoms with Gasteiger partial charge < -0.3 is 9.47 Å². The highest BCUT2D eigenvalue weighted by molar-refractivity contribution is 5.45. The van der Waals surface area contributed by atoms with Gasteiger partial charge in [0.1, 0.15) is 0 Å². The topological polar surface area (TPSA) is 18.5 Å².